The molecule has 35 heavy (non-hydrogen) atoms. The molecule has 2 aliphatic heterocycles. The van der Waals surface area contributed by atoms with Gasteiger partial charge in [-0.1, -0.05) is 77.3 Å². The summed E-state index contributed by atoms with van der Waals surface area (Å²) in [6.07, 6.45) is -0.977. The van der Waals surface area contributed by atoms with Crippen LogP contribution in [0.1, 0.15) is 37.9 Å². The van der Waals surface area contributed by atoms with Gasteiger partial charge in [0.15, 0.2) is 0 Å². The minimum absolute atomic E-state index is 0.105. The lowest BCUT2D eigenvalue weighted by Gasteiger charge is -2.27. The minimum Gasteiger partial charge on any atom is -0.349 e. The van der Waals surface area contributed by atoms with Crippen molar-refractivity contribution in [3.63, 3.8) is 0 Å². The number of imide groups is 1. The number of ketones is 2. The van der Waals surface area contributed by atoms with Gasteiger partial charge in [-0.25, -0.2) is 4.90 Å². The van der Waals surface area contributed by atoms with Crippen molar-refractivity contribution < 1.29 is 23.9 Å². The average molecular weight is 506 g/mol. The van der Waals surface area contributed by atoms with E-state index in [0.717, 1.165) is 10.5 Å². The van der Waals surface area contributed by atoms with Crippen molar-refractivity contribution in [2.45, 2.75) is 18.6 Å². The van der Waals surface area contributed by atoms with Crippen LogP contribution in [0, 0.1) is 18.8 Å². The van der Waals surface area contributed by atoms with Gasteiger partial charge in [-0.3, -0.25) is 19.2 Å². The zero-order valence-corrected chi connectivity index (χ0v) is 19.8. The van der Waals surface area contributed by atoms with Gasteiger partial charge in [0.1, 0.15) is 0 Å². The molecule has 2 saturated heterocycles. The Morgan fingerprint density at radius 3 is 2.06 bits per heavy atom. The molecule has 1 aliphatic carbocycles. The average Bonchev–Trinajstić information content (AvgIpc) is 3.40. The van der Waals surface area contributed by atoms with Crippen LogP contribution in [0.4, 0.5) is 5.69 Å². The number of Topliss-reactive ketones (excluding diaryl/α,β-unsaturated/α-hetero) is 2. The summed E-state index contributed by atoms with van der Waals surface area (Å²) in [6, 6.07) is 18.0. The quantitative estimate of drug-likeness (QED) is 0.361. The van der Waals surface area contributed by atoms with E-state index in [-0.39, 0.29) is 21.8 Å². The van der Waals surface area contributed by atoms with E-state index in [9.17, 15) is 19.2 Å². The van der Waals surface area contributed by atoms with Gasteiger partial charge >= 0.3 is 0 Å². The molecule has 6 rings (SSSR count). The number of halogens is 2. The third-order valence-electron chi connectivity index (χ3n) is 7.08. The Hall–Kier alpha value is -3.32. The standard InChI is InChI=1S/C27H17Cl2NO5/c1-13-6-8-14(9-7-13)22-20-21(26(34)30(25(20)33)19-11-10-15(28)12-18(19)29)27(35-22)23(31)16-4-2-3-5-17(16)24(27)32/h2-12,20-22H,1H3/t20-,21-,22+/m0/s1. The summed E-state index contributed by atoms with van der Waals surface area (Å²) < 4.78 is 6.26. The Morgan fingerprint density at radius 2 is 1.46 bits per heavy atom. The smallest absolute Gasteiger partial charge is 0.241 e. The van der Waals surface area contributed by atoms with Gasteiger partial charge in [0.2, 0.25) is 29.0 Å². The van der Waals surface area contributed by atoms with Crippen LogP contribution in [0.3, 0.4) is 0 Å². The van der Waals surface area contributed by atoms with Crippen molar-refractivity contribution in [1.29, 1.82) is 0 Å². The number of carbonyl (C=O) groups excluding carboxylic acids is 4. The predicted octanol–water partition coefficient (Wildman–Crippen LogP) is 5.00. The molecule has 0 N–H and O–H groups in total. The van der Waals surface area contributed by atoms with Crippen molar-refractivity contribution in [3.05, 3.63) is 99.0 Å². The Balaban J connectivity index is 1.55. The highest BCUT2D eigenvalue weighted by atomic mass is 35.5. The Morgan fingerprint density at radius 1 is 0.829 bits per heavy atom. The summed E-state index contributed by atoms with van der Waals surface area (Å²) in [5, 5.41) is 0.445. The number of hydrogen-bond acceptors (Lipinski definition) is 5. The molecule has 3 aromatic carbocycles. The second kappa shape index (κ2) is 7.59. The summed E-state index contributed by atoms with van der Waals surface area (Å²) in [6.45, 7) is 1.92. The largest absolute Gasteiger partial charge is 0.349 e. The van der Waals surface area contributed by atoms with Crippen LogP contribution >= 0.6 is 23.2 Å². The highest BCUT2D eigenvalue weighted by Crippen LogP contribution is 2.58. The summed E-state index contributed by atoms with van der Waals surface area (Å²) in [5.74, 6) is -4.91. The number of benzene rings is 3. The molecule has 0 aromatic heterocycles. The molecule has 2 fully saturated rings. The molecule has 6 nitrogen and oxygen atoms in total. The van der Waals surface area contributed by atoms with Crippen molar-refractivity contribution in [3.8, 4) is 0 Å². The van der Waals surface area contributed by atoms with Gasteiger partial charge in [0.05, 0.1) is 28.6 Å². The Kier molecular flexibility index (Phi) is 4.81. The number of amides is 2. The van der Waals surface area contributed by atoms with Crippen LogP contribution in [-0.4, -0.2) is 29.0 Å². The van der Waals surface area contributed by atoms with Gasteiger partial charge in [-0.05, 0) is 30.7 Å². The van der Waals surface area contributed by atoms with Gasteiger partial charge in [0.25, 0.3) is 0 Å². The third kappa shape index (κ3) is 2.88. The van der Waals surface area contributed by atoms with Crippen molar-refractivity contribution >= 4 is 52.3 Å². The molecule has 3 aromatic rings. The number of aryl methyl sites for hydroxylation is 1. The number of hydrogen-bond donors (Lipinski definition) is 0. The number of rotatable bonds is 2. The van der Waals surface area contributed by atoms with Crippen LogP contribution < -0.4 is 4.90 Å². The van der Waals surface area contributed by atoms with Crippen LogP contribution in [-0.2, 0) is 14.3 Å². The van der Waals surface area contributed by atoms with Gasteiger partial charge in [0, 0.05) is 16.1 Å². The Bertz CT molecular complexity index is 1430. The molecular formula is C27H17Cl2NO5. The number of nitrogens with zero attached hydrogens (tertiary/aromatic N) is 1. The normalized spacial score (nSPS) is 24.4. The highest BCUT2D eigenvalue weighted by Gasteiger charge is 2.74. The van der Waals surface area contributed by atoms with E-state index in [2.05, 4.69) is 0 Å². The SMILES string of the molecule is Cc1ccc([C@H]2OC3(C(=O)c4ccccc4C3=O)[C@@H]3C(=O)N(c4ccc(Cl)cc4Cl)C(=O)[C@H]23)cc1. The molecular weight excluding hydrogens is 489 g/mol. The fourth-order valence-corrected chi connectivity index (χ4v) is 5.97. The first kappa shape index (κ1) is 22.2. The van der Waals surface area contributed by atoms with Crippen molar-refractivity contribution in [1.82, 2.24) is 0 Å². The molecule has 1 spiro atoms. The first-order chi connectivity index (χ1) is 16.8. The van der Waals surface area contributed by atoms with Crippen LogP contribution in [0.15, 0.2) is 66.7 Å². The summed E-state index contributed by atoms with van der Waals surface area (Å²) >= 11 is 12.4. The van der Waals surface area contributed by atoms with E-state index >= 15 is 0 Å². The zero-order chi connectivity index (χ0) is 24.6. The highest BCUT2D eigenvalue weighted by molar-refractivity contribution is 6.40. The first-order valence-corrected chi connectivity index (χ1v) is 11.8. The molecule has 2 heterocycles. The number of ether oxygens (including phenoxy) is 1. The lowest BCUT2D eigenvalue weighted by molar-refractivity contribution is -0.127. The maximum atomic E-state index is 13.9. The van der Waals surface area contributed by atoms with Gasteiger partial charge in [-0.15, -0.1) is 0 Å². The molecule has 8 heteroatoms. The van der Waals surface area contributed by atoms with E-state index in [1.54, 1.807) is 24.3 Å². The van der Waals surface area contributed by atoms with Crippen LogP contribution in [0.25, 0.3) is 0 Å². The fraction of sp³-hybridized carbons (Fsp3) is 0.185. The van der Waals surface area contributed by atoms with E-state index in [0.29, 0.717) is 10.6 Å². The minimum atomic E-state index is -2.12. The predicted molar refractivity (Wildman–Crippen MR) is 129 cm³/mol. The lowest BCUT2D eigenvalue weighted by Crippen LogP contribution is -2.51. The molecule has 2 amide bonds. The molecule has 3 aliphatic rings. The molecule has 3 atom stereocenters. The van der Waals surface area contributed by atoms with Crippen LogP contribution in [0.2, 0.25) is 10.0 Å². The third-order valence-corrected chi connectivity index (χ3v) is 7.61. The number of fused-ring (bicyclic) bond motifs is 3. The Labute approximate surface area is 210 Å². The maximum Gasteiger partial charge on any atom is 0.241 e. The molecule has 0 unspecified atom stereocenters. The zero-order valence-electron chi connectivity index (χ0n) is 18.3. The lowest BCUT2D eigenvalue weighted by atomic mass is 9.77. The van der Waals surface area contributed by atoms with Crippen LogP contribution in [0.5, 0.6) is 0 Å². The molecule has 0 saturated carbocycles. The first-order valence-electron chi connectivity index (χ1n) is 11.0. The van der Waals surface area contributed by atoms with E-state index < -0.39 is 46.9 Å². The van der Waals surface area contributed by atoms with E-state index in [1.165, 1.54) is 30.3 Å². The molecule has 174 valence electrons. The number of carbonyl (C=O) groups is 4. The summed E-state index contributed by atoms with van der Waals surface area (Å²) in [7, 11) is 0. The fourth-order valence-electron chi connectivity index (χ4n) is 5.47. The molecule has 0 radical (unpaired) electrons. The van der Waals surface area contributed by atoms with E-state index in [4.69, 9.17) is 27.9 Å². The second-order valence-electron chi connectivity index (χ2n) is 9.00. The number of anilines is 1. The van der Waals surface area contributed by atoms with Gasteiger partial charge < -0.3 is 4.74 Å². The molecule has 0 bridgehead atoms. The monoisotopic (exact) mass is 505 g/mol. The topological polar surface area (TPSA) is 80.8 Å². The summed E-state index contributed by atoms with van der Waals surface area (Å²) in [5.41, 5.74) is -0.0163. The maximum absolute atomic E-state index is 13.9. The van der Waals surface area contributed by atoms with Crippen molar-refractivity contribution in [2.24, 2.45) is 11.8 Å². The van der Waals surface area contributed by atoms with Gasteiger partial charge in [-0.2, -0.15) is 0 Å². The second-order valence-corrected chi connectivity index (χ2v) is 9.84. The summed E-state index contributed by atoms with van der Waals surface area (Å²) in [4.78, 5) is 56.2. The van der Waals surface area contributed by atoms with E-state index in [1.807, 2.05) is 19.1 Å². The van der Waals surface area contributed by atoms with Crippen molar-refractivity contribution in [2.75, 3.05) is 4.90 Å².